The molecule has 0 amide bonds. The Morgan fingerprint density at radius 3 is 2.65 bits per heavy atom. The predicted octanol–water partition coefficient (Wildman–Crippen LogP) is 5.74. The van der Waals surface area contributed by atoms with Gasteiger partial charge in [0.15, 0.2) is 0 Å². The van der Waals surface area contributed by atoms with Crippen LogP contribution in [0.2, 0.25) is 0 Å². The molecule has 31 heavy (non-hydrogen) atoms. The van der Waals surface area contributed by atoms with Crippen molar-refractivity contribution in [2.75, 3.05) is 11.4 Å². The highest BCUT2D eigenvalue weighted by atomic mass is 16.6. The number of ether oxygens (including phenoxy) is 1. The minimum absolute atomic E-state index is 0.0175. The van der Waals surface area contributed by atoms with Gasteiger partial charge < -0.3 is 9.64 Å². The molecule has 1 aliphatic heterocycles. The molecular formula is C24H26N4O3. The summed E-state index contributed by atoms with van der Waals surface area (Å²) in [4.78, 5) is 22.3. The largest absolute Gasteiger partial charge is 0.434 e. The van der Waals surface area contributed by atoms with Crippen LogP contribution >= 0.6 is 0 Å². The smallest absolute Gasteiger partial charge is 0.373 e. The van der Waals surface area contributed by atoms with Crippen molar-refractivity contribution >= 4 is 22.3 Å². The van der Waals surface area contributed by atoms with Crippen LogP contribution in [0.1, 0.15) is 40.0 Å². The highest BCUT2D eigenvalue weighted by Gasteiger charge is 2.51. The first-order valence-corrected chi connectivity index (χ1v) is 10.7. The fraction of sp³-hybridized carbons (Fsp3) is 0.417. The summed E-state index contributed by atoms with van der Waals surface area (Å²) in [7, 11) is 0. The maximum atomic E-state index is 12.1. The third-order valence-corrected chi connectivity index (χ3v) is 6.57. The molecule has 1 saturated heterocycles. The van der Waals surface area contributed by atoms with Crippen molar-refractivity contribution in [3.63, 3.8) is 0 Å². The van der Waals surface area contributed by atoms with Gasteiger partial charge in [-0.05, 0) is 53.0 Å². The van der Waals surface area contributed by atoms with Crippen LogP contribution in [0.15, 0.2) is 48.8 Å². The summed E-state index contributed by atoms with van der Waals surface area (Å²) in [5, 5.41) is 14.2. The normalized spacial score (nSPS) is 24.4. The fourth-order valence-corrected chi connectivity index (χ4v) is 5.85. The van der Waals surface area contributed by atoms with E-state index in [-0.39, 0.29) is 28.4 Å². The van der Waals surface area contributed by atoms with E-state index in [9.17, 15) is 10.1 Å². The summed E-state index contributed by atoms with van der Waals surface area (Å²) in [6.07, 6.45) is 4.49. The summed E-state index contributed by atoms with van der Waals surface area (Å²) in [6, 6.07) is 13.8. The second-order valence-electron chi connectivity index (χ2n) is 10.1. The van der Waals surface area contributed by atoms with E-state index < -0.39 is 4.92 Å². The van der Waals surface area contributed by atoms with Crippen molar-refractivity contribution in [1.29, 1.82) is 0 Å². The second kappa shape index (κ2) is 6.90. The molecule has 2 fully saturated rings. The Labute approximate surface area is 181 Å². The standard InChI is InChI=1S/C24H26N4O3/c1-23(2)11-18-12-24(3,13-23)14-27(18)21-20(28(29)30)22(26-15-25-21)31-19-9-8-16-6-4-5-7-17(16)10-19/h4-10,15,18H,11-14H2,1-3H3. The highest BCUT2D eigenvalue weighted by molar-refractivity contribution is 5.83. The third-order valence-electron chi connectivity index (χ3n) is 6.57. The first kappa shape index (κ1) is 19.7. The molecule has 2 aromatic carbocycles. The Hall–Kier alpha value is -3.22. The first-order valence-electron chi connectivity index (χ1n) is 10.7. The predicted molar refractivity (Wildman–Crippen MR) is 120 cm³/mol. The first-order chi connectivity index (χ1) is 14.7. The van der Waals surface area contributed by atoms with Gasteiger partial charge in [-0.15, -0.1) is 0 Å². The van der Waals surface area contributed by atoms with Crippen LogP contribution in [0.25, 0.3) is 10.8 Å². The molecule has 0 spiro atoms. The summed E-state index contributed by atoms with van der Waals surface area (Å²) >= 11 is 0. The number of nitrogens with zero attached hydrogens (tertiary/aromatic N) is 4. The lowest BCUT2D eigenvalue weighted by molar-refractivity contribution is -0.385. The molecular weight excluding hydrogens is 392 g/mol. The van der Waals surface area contributed by atoms with Crippen LogP contribution < -0.4 is 9.64 Å². The van der Waals surface area contributed by atoms with Crippen LogP contribution in [0.5, 0.6) is 11.6 Å². The number of hydrogen-bond acceptors (Lipinski definition) is 6. The molecule has 2 aliphatic rings. The maximum Gasteiger partial charge on any atom is 0.373 e. The van der Waals surface area contributed by atoms with Gasteiger partial charge in [0.1, 0.15) is 12.1 Å². The minimum atomic E-state index is -0.415. The quantitative estimate of drug-likeness (QED) is 0.397. The summed E-state index contributed by atoms with van der Waals surface area (Å²) in [5.41, 5.74) is 0.174. The molecule has 1 aliphatic carbocycles. The van der Waals surface area contributed by atoms with Gasteiger partial charge in [0, 0.05) is 12.6 Å². The van der Waals surface area contributed by atoms with E-state index in [2.05, 4.69) is 35.6 Å². The molecule has 5 rings (SSSR count). The monoisotopic (exact) mass is 418 g/mol. The topological polar surface area (TPSA) is 81.4 Å². The van der Waals surface area contributed by atoms with Gasteiger partial charge in [-0.2, -0.15) is 4.98 Å². The Morgan fingerprint density at radius 1 is 1.10 bits per heavy atom. The number of benzene rings is 2. The van der Waals surface area contributed by atoms with Crippen molar-refractivity contribution in [3.05, 3.63) is 58.9 Å². The molecule has 2 unspecified atom stereocenters. The van der Waals surface area contributed by atoms with E-state index in [0.717, 1.165) is 36.6 Å². The van der Waals surface area contributed by atoms with Crippen molar-refractivity contribution in [2.24, 2.45) is 10.8 Å². The van der Waals surface area contributed by atoms with Gasteiger partial charge in [0.2, 0.25) is 5.82 Å². The average molecular weight is 418 g/mol. The van der Waals surface area contributed by atoms with E-state index in [1.807, 2.05) is 36.4 Å². The zero-order chi connectivity index (χ0) is 21.8. The number of hydrogen-bond donors (Lipinski definition) is 0. The van der Waals surface area contributed by atoms with Crippen molar-refractivity contribution in [1.82, 2.24) is 9.97 Å². The molecule has 1 saturated carbocycles. The summed E-state index contributed by atoms with van der Waals surface area (Å²) in [6.45, 7) is 7.60. The lowest BCUT2D eigenvalue weighted by Crippen LogP contribution is -2.35. The molecule has 0 N–H and O–H groups in total. The fourth-order valence-electron chi connectivity index (χ4n) is 5.85. The zero-order valence-corrected chi connectivity index (χ0v) is 18.0. The Bertz CT molecular complexity index is 1180. The van der Waals surface area contributed by atoms with Crippen LogP contribution in [0.4, 0.5) is 11.5 Å². The molecule has 7 nitrogen and oxygen atoms in total. The van der Waals surface area contributed by atoms with E-state index >= 15 is 0 Å². The van der Waals surface area contributed by atoms with E-state index in [1.54, 1.807) is 6.07 Å². The van der Waals surface area contributed by atoms with Crippen molar-refractivity contribution in [3.8, 4) is 11.6 Å². The molecule has 160 valence electrons. The van der Waals surface area contributed by atoms with Crippen LogP contribution in [0, 0.1) is 20.9 Å². The minimum Gasteiger partial charge on any atom is -0.434 e. The van der Waals surface area contributed by atoms with Crippen LogP contribution in [-0.2, 0) is 0 Å². The maximum absolute atomic E-state index is 12.1. The highest BCUT2D eigenvalue weighted by Crippen LogP contribution is 2.54. The molecule has 3 aromatic rings. The molecule has 1 aromatic heterocycles. The van der Waals surface area contributed by atoms with Gasteiger partial charge >= 0.3 is 11.6 Å². The van der Waals surface area contributed by atoms with E-state index in [0.29, 0.717) is 11.6 Å². The van der Waals surface area contributed by atoms with Crippen LogP contribution in [-0.4, -0.2) is 27.5 Å². The average Bonchev–Trinajstić information content (AvgIpc) is 2.96. The van der Waals surface area contributed by atoms with E-state index in [4.69, 9.17) is 4.74 Å². The van der Waals surface area contributed by atoms with Gasteiger partial charge in [-0.1, -0.05) is 51.1 Å². The van der Waals surface area contributed by atoms with E-state index in [1.165, 1.54) is 6.33 Å². The summed E-state index contributed by atoms with van der Waals surface area (Å²) < 4.78 is 5.94. The lowest BCUT2D eigenvalue weighted by atomic mass is 9.65. The molecule has 7 heteroatoms. The Balaban J connectivity index is 1.53. The molecule has 2 heterocycles. The SMILES string of the molecule is CC1(C)CC2CC(C)(CN2c2ncnc(Oc3ccc4ccccc4c3)c2[N+](=O)[O-])C1. The Kier molecular flexibility index (Phi) is 4.39. The zero-order valence-electron chi connectivity index (χ0n) is 18.0. The number of nitro groups is 1. The summed E-state index contributed by atoms with van der Waals surface area (Å²) in [5.74, 6) is 0.859. The van der Waals surface area contributed by atoms with Crippen LogP contribution in [0.3, 0.4) is 0 Å². The number of rotatable bonds is 4. The van der Waals surface area contributed by atoms with Gasteiger partial charge in [0.05, 0.1) is 4.92 Å². The van der Waals surface area contributed by atoms with Gasteiger partial charge in [0.25, 0.3) is 0 Å². The third kappa shape index (κ3) is 3.58. The number of anilines is 1. The van der Waals surface area contributed by atoms with Crippen molar-refractivity contribution in [2.45, 2.75) is 46.1 Å². The van der Waals surface area contributed by atoms with Crippen molar-refractivity contribution < 1.29 is 9.66 Å². The second-order valence-corrected chi connectivity index (χ2v) is 10.1. The molecule has 2 bridgehead atoms. The number of fused-ring (bicyclic) bond motifs is 3. The van der Waals surface area contributed by atoms with Gasteiger partial charge in [-0.3, -0.25) is 10.1 Å². The molecule has 0 radical (unpaired) electrons. The van der Waals surface area contributed by atoms with Gasteiger partial charge in [-0.25, -0.2) is 4.98 Å². The lowest BCUT2D eigenvalue weighted by Gasteiger charge is -2.39. The Morgan fingerprint density at radius 2 is 1.87 bits per heavy atom. The number of aromatic nitrogens is 2. The molecule has 2 atom stereocenters.